The van der Waals surface area contributed by atoms with Crippen LogP contribution in [0.1, 0.15) is 19.8 Å². The maximum Gasteiger partial charge on any atom is 0.327 e. The van der Waals surface area contributed by atoms with Crippen LogP contribution < -0.4 is 5.32 Å². The highest BCUT2D eigenvalue weighted by atomic mass is 32.2. The van der Waals surface area contributed by atoms with E-state index in [1.165, 1.54) is 16.7 Å². The summed E-state index contributed by atoms with van der Waals surface area (Å²) in [6.07, 6.45) is 2.20. The Hall–Kier alpha value is -0.950. The number of urea groups is 1. The molecule has 0 aliphatic carbocycles. The predicted molar refractivity (Wildman–Crippen MR) is 78.8 cm³/mol. The molecule has 6 nitrogen and oxygen atoms in total. The van der Waals surface area contributed by atoms with Crippen LogP contribution in [-0.2, 0) is 4.79 Å². The SMILES string of the molecule is CCN1CCC(CNC(=O)N2CSCC2C(=O)O)CC1. The first kappa shape index (κ1) is 15.4. The smallest absolute Gasteiger partial charge is 0.327 e. The first-order valence-electron chi connectivity index (χ1n) is 7.19. The minimum atomic E-state index is -0.915. The number of aliphatic carboxylic acids is 1. The maximum absolute atomic E-state index is 12.1. The molecule has 114 valence electrons. The summed E-state index contributed by atoms with van der Waals surface area (Å²) in [6, 6.07) is -0.915. The van der Waals surface area contributed by atoms with Gasteiger partial charge in [0.15, 0.2) is 0 Å². The number of hydrogen-bond donors (Lipinski definition) is 2. The molecule has 2 amide bonds. The largest absolute Gasteiger partial charge is 0.480 e. The summed E-state index contributed by atoms with van der Waals surface area (Å²) in [5.74, 6) is 0.552. The number of likely N-dealkylation sites (tertiary alicyclic amines) is 1. The van der Waals surface area contributed by atoms with Crippen molar-refractivity contribution in [2.45, 2.75) is 25.8 Å². The van der Waals surface area contributed by atoms with Crippen molar-refractivity contribution in [1.82, 2.24) is 15.1 Å². The van der Waals surface area contributed by atoms with Gasteiger partial charge >= 0.3 is 12.0 Å². The Bertz CT molecular complexity index is 359. The molecule has 2 saturated heterocycles. The van der Waals surface area contributed by atoms with E-state index in [9.17, 15) is 9.59 Å². The summed E-state index contributed by atoms with van der Waals surface area (Å²) < 4.78 is 0. The second-order valence-electron chi connectivity index (χ2n) is 5.39. The number of nitrogens with zero attached hydrogens (tertiary/aromatic N) is 2. The predicted octanol–water partition coefficient (Wildman–Crippen LogP) is 0.887. The molecule has 0 bridgehead atoms. The molecular formula is C13H23N3O3S. The summed E-state index contributed by atoms with van der Waals surface area (Å²) in [7, 11) is 0. The second-order valence-corrected chi connectivity index (χ2v) is 6.39. The molecule has 0 radical (unpaired) electrons. The van der Waals surface area contributed by atoms with E-state index >= 15 is 0 Å². The van der Waals surface area contributed by atoms with Gasteiger partial charge in [0.2, 0.25) is 0 Å². The van der Waals surface area contributed by atoms with E-state index in [0.29, 0.717) is 24.1 Å². The van der Waals surface area contributed by atoms with Crippen LogP contribution in [0.5, 0.6) is 0 Å². The van der Waals surface area contributed by atoms with Gasteiger partial charge in [0, 0.05) is 12.3 Å². The van der Waals surface area contributed by atoms with Gasteiger partial charge in [-0.1, -0.05) is 6.92 Å². The van der Waals surface area contributed by atoms with Crippen LogP contribution >= 0.6 is 11.8 Å². The van der Waals surface area contributed by atoms with Crippen LogP contribution in [0.2, 0.25) is 0 Å². The second kappa shape index (κ2) is 7.17. The lowest BCUT2D eigenvalue weighted by atomic mass is 9.97. The Kier molecular flexibility index (Phi) is 5.54. The summed E-state index contributed by atoms with van der Waals surface area (Å²) in [5.41, 5.74) is 0. The standard InChI is InChI=1S/C13H23N3O3S/c1-2-15-5-3-10(4-6-15)7-14-13(19)16-9-20-8-11(16)12(17)18/h10-11H,2-9H2,1H3,(H,14,19)(H,17,18). The number of carbonyl (C=O) groups is 2. The quantitative estimate of drug-likeness (QED) is 0.807. The first-order valence-corrected chi connectivity index (χ1v) is 8.34. The molecule has 2 fully saturated rings. The van der Waals surface area contributed by atoms with Crippen molar-refractivity contribution in [3.63, 3.8) is 0 Å². The lowest BCUT2D eigenvalue weighted by molar-refractivity contribution is -0.140. The number of thioether (sulfide) groups is 1. The van der Waals surface area contributed by atoms with Gasteiger partial charge in [-0.05, 0) is 38.4 Å². The van der Waals surface area contributed by atoms with E-state index in [1.807, 2.05) is 0 Å². The van der Waals surface area contributed by atoms with Crippen molar-refractivity contribution in [2.75, 3.05) is 37.8 Å². The van der Waals surface area contributed by atoms with Gasteiger partial charge in [0.1, 0.15) is 6.04 Å². The van der Waals surface area contributed by atoms with E-state index in [2.05, 4.69) is 17.1 Å². The average molecular weight is 301 g/mol. The van der Waals surface area contributed by atoms with Crippen molar-refractivity contribution in [3.05, 3.63) is 0 Å². The Morgan fingerprint density at radius 3 is 2.65 bits per heavy atom. The molecule has 2 aliphatic heterocycles. The fraction of sp³-hybridized carbons (Fsp3) is 0.846. The summed E-state index contributed by atoms with van der Waals surface area (Å²) in [5, 5.41) is 12.0. The van der Waals surface area contributed by atoms with E-state index in [-0.39, 0.29) is 6.03 Å². The van der Waals surface area contributed by atoms with Crippen molar-refractivity contribution in [2.24, 2.45) is 5.92 Å². The van der Waals surface area contributed by atoms with Crippen LogP contribution in [0.3, 0.4) is 0 Å². The Balaban J connectivity index is 1.74. The van der Waals surface area contributed by atoms with Crippen molar-refractivity contribution < 1.29 is 14.7 Å². The molecule has 7 heteroatoms. The lowest BCUT2D eigenvalue weighted by Crippen LogP contribution is -2.48. The topological polar surface area (TPSA) is 72.9 Å². The molecule has 0 aromatic carbocycles. The monoisotopic (exact) mass is 301 g/mol. The normalized spacial score (nSPS) is 24.9. The van der Waals surface area contributed by atoms with Crippen LogP contribution in [0.15, 0.2) is 0 Å². The van der Waals surface area contributed by atoms with E-state index in [1.54, 1.807) is 0 Å². The van der Waals surface area contributed by atoms with Gasteiger partial charge in [0.25, 0.3) is 0 Å². The Morgan fingerprint density at radius 1 is 1.35 bits per heavy atom. The third-order valence-corrected chi connectivity index (χ3v) is 5.14. The highest BCUT2D eigenvalue weighted by Gasteiger charge is 2.34. The van der Waals surface area contributed by atoms with Gasteiger partial charge in [-0.3, -0.25) is 0 Å². The average Bonchev–Trinajstić information content (AvgIpc) is 2.95. The van der Waals surface area contributed by atoms with E-state index in [4.69, 9.17) is 5.11 Å². The number of hydrogen-bond acceptors (Lipinski definition) is 4. The summed E-state index contributed by atoms with van der Waals surface area (Å²) >= 11 is 1.49. The summed E-state index contributed by atoms with van der Waals surface area (Å²) in [4.78, 5) is 26.9. The van der Waals surface area contributed by atoms with Gasteiger partial charge < -0.3 is 20.2 Å². The molecule has 2 aliphatic rings. The van der Waals surface area contributed by atoms with Crippen LogP contribution in [0.25, 0.3) is 0 Å². The summed E-state index contributed by atoms with van der Waals surface area (Å²) in [6.45, 7) is 6.09. The molecule has 2 N–H and O–H groups in total. The molecule has 0 aromatic heterocycles. The molecular weight excluding hydrogens is 278 g/mol. The number of carboxylic acids is 1. The number of nitrogens with one attached hydrogen (secondary N) is 1. The minimum absolute atomic E-state index is 0.236. The van der Waals surface area contributed by atoms with Gasteiger partial charge in [-0.2, -0.15) is 0 Å². The van der Waals surface area contributed by atoms with Gasteiger partial charge in [-0.15, -0.1) is 11.8 Å². The van der Waals surface area contributed by atoms with E-state index in [0.717, 1.165) is 32.5 Å². The van der Waals surface area contributed by atoms with E-state index < -0.39 is 12.0 Å². The molecule has 1 atom stereocenters. The molecule has 2 heterocycles. The zero-order valence-electron chi connectivity index (χ0n) is 11.9. The van der Waals surface area contributed by atoms with Gasteiger partial charge in [0.05, 0.1) is 5.88 Å². The maximum atomic E-state index is 12.1. The fourth-order valence-electron chi connectivity index (χ4n) is 2.69. The fourth-order valence-corrected chi connectivity index (χ4v) is 3.83. The number of carbonyl (C=O) groups excluding carboxylic acids is 1. The van der Waals surface area contributed by atoms with Crippen LogP contribution in [-0.4, -0.2) is 70.8 Å². The number of carboxylic acid groups (broad SMARTS) is 1. The Labute approximate surface area is 123 Å². The van der Waals surface area contributed by atoms with Crippen LogP contribution in [0, 0.1) is 5.92 Å². The third kappa shape index (κ3) is 3.79. The Morgan fingerprint density at radius 2 is 2.05 bits per heavy atom. The van der Waals surface area contributed by atoms with Crippen molar-refractivity contribution in [3.8, 4) is 0 Å². The molecule has 0 aromatic rings. The van der Waals surface area contributed by atoms with Gasteiger partial charge in [-0.25, -0.2) is 9.59 Å². The molecule has 0 spiro atoms. The van der Waals surface area contributed by atoms with Crippen LogP contribution in [0.4, 0.5) is 4.79 Å². The number of piperidine rings is 1. The number of amides is 2. The highest BCUT2D eigenvalue weighted by molar-refractivity contribution is 7.99. The zero-order chi connectivity index (χ0) is 14.5. The molecule has 2 rings (SSSR count). The molecule has 1 unspecified atom stereocenters. The van der Waals surface area contributed by atoms with Crippen molar-refractivity contribution in [1.29, 1.82) is 0 Å². The third-order valence-electron chi connectivity index (χ3n) is 4.12. The molecule has 20 heavy (non-hydrogen) atoms. The highest BCUT2D eigenvalue weighted by Crippen LogP contribution is 2.21. The zero-order valence-corrected chi connectivity index (χ0v) is 12.7. The van der Waals surface area contributed by atoms with Crippen molar-refractivity contribution >= 4 is 23.8 Å². The minimum Gasteiger partial charge on any atom is -0.480 e. The molecule has 0 saturated carbocycles. The number of rotatable bonds is 4. The lowest BCUT2D eigenvalue weighted by Gasteiger charge is -2.31. The first-order chi connectivity index (χ1) is 9.61.